The Morgan fingerprint density at radius 3 is 3.20 bits per heavy atom. The van der Waals surface area contributed by atoms with Gasteiger partial charge in [-0.25, -0.2) is 9.50 Å². The number of hydrogen-bond donors (Lipinski definition) is 1. The fraction of sp³-hybridized carbons (Fsp3) is 0.300. The molecular weight excluding hydrogens is 194 g/mol. The number of hydrogen-bond acceptors (Lipinski definition) is 3. The normalized spacial score (nSPS) is 12.9. The van der Waals surface area contributed by atoms with E-state index in [9.17, 15) is 4.79 Å². The Bertz CT molecular complexity index is 492. The molecule has 1 N–H and O–H groups in total. The van der Waals surface area contributed by atoms with Crippen LogP contribution in [0.25, 0.3) is 5.65 Å². The van der Waals surface area contributed by atoms with Gasteiger partial charge < -0.3 is 5.11 Å². The molecule has 0 fully saturated rings. The maximum absolute atomic E-state index is 10.6. The molecule has 0 aliphatic heterocycles. The molecule has 0 radical (unpaired) electrons. The van der Waals surface area contributed by atoms with Crippen LogP contribution in [0.5, 0.6) is 0 Å². The van der Waals surface area contributed by atoms with E-state index in [1.807, 2.05) is 19.1 Å². The van der Waals surface area contributed by atoms with Gasteiger partial charge in [-0.1, -0.05) is 13.0 Å². The molecule has 1 unspecified atom stereocenters. The van der Waals surface area contributed by atoms with E-state index in [-0.39, 0.29) is 12.3 Å². The Labute approximate surface area is 86.4 Å². The van der Waals surface area contributed by atoms with E-state index in [1.165, 1.54) is 6.33 Å². The van der Waals surface area contributed by atoms with Crippen LogP contribution < -0.4 is 0 Å². The van der Waals surface area contributed by atoms with E-state index in [1.54, 1.807) is 10.7 Å². The van der Waals surface area contributed by atoms with Crippen molar-refractivity contribution >= 4 is 11.6 Å². The van der Waals surface area contributed by atoms with E-state index in [0.29, 0.717) is 0 Å². The molecular formula is C10H11N3O2. The molecule has 2 aromatic heterocycles. The van der Waals surface area contributed by atoms with Gasteiger partial charge >= 0.3 is 5.97 Å². The number of nitrogens with zero attached hydrogens (tertiary/aromatic N) is 3. The molecule has 0 saturated heterocycles. The molecule has 2 heterocycles. The highest BCUT2D eigenvalue weighted by atomic mass is 16.4. The molecule has 0 aromatic carbocycles. The molecule has 0 saturated carbocycles. The smallest absolute Gasteiger partial charge is 0.303 e. The third-order valence-electron chi connectivity index (χ3n) is 2.35. The predicted molar refractivity (Wildman–Crippen MR) is 53.7 cm³/mol. The van der Waals surface area contributed by atoms with Gasteiger partial charge in [0, 0.05) is 11.8 Å². The summed E-state index contributed by atoms with van der Waals surface area (Å²) in [6.07, 6.45) is 3.36. The summed E-state index contributed by atoms with van der Waals surface area (Å²) < 4.78 is 1.65. The molecule has 1 atom stereocenters. The summed E-state index contributed by atoms with van der Waals surface area (Å²) in [7, 11) is 0. The molecule has 0 aliphatic rings. The zero-order valence-electron chi connectivity index (χ0n) is 8.29. The van der Waals surface area contributed by atoms with Crippen molar-refractivity contribution in [2.45, 2.75) is 19.3 Å². The van der Waals surface area contributed by atoms with Crippen molar-refractivity contribution in [3.05, 3.63) is 30.2 Å². The quantitative estimate of drug-likeness (QED) is 0.820. The van der Waals surface area contributed by atoms with E-state index in [0.717, 1.165) is 11.2 Å². The summed E-state index contributed by atoms with van der Waals surface area (Å²) in [6.45, 7) is 1.87. The van der Waals surface area contributed by atoms with Gasteiger partial charge in [-0.3, -0.25) is 4.79 Å². The molecule has 5 nitrogen and oxygen atoms in total. The Morgan fingerprint density at radius 2 is 2.47 bits per heavy atom. The largest absolute Gasteiger partial charge is 0.481 e. The summed E-state index contributed by atoms with van der Waals surface area (Å²) >= 11 is 0. The molecule has 0 bridgehead atoms. The van der Waals surface area contributed by atoms with E-state index >= 15 is 0 Å². The van der Waals surface area contributed by atoms with Crippen molar-refractivity contribution in [3.8, 4) is 0 Å². The third-order valence-corrected chi connectivity index (χ3v) is 2.35. The summed E-state index contributed by atoms with van der Waals surface area (Å²) in [5.41, 5.74) is 1.64. The van der Waals surface area contributed by atoms with Crippen LogP contribution in [-0.4, -0.2) is 25.7 Å². The highest BCUT2D eigenvalue weighted by Gasteiger charge is 2.14. The third kappa shape index (κ3) is 1.81. The van der Waals surface area contributed by atoms with Gasteiger partial charge in [0.1, 0.15) is 6.33 Å². The van der Waals surface area contributed by atoms with E-state index in [4.69, 9.17) is 5.11 Å². The maximum Gasteiger partial charge on any atom is 0.303 e. The number of fused-ring (bicyclic) bond motifs is 1. The second-order valence-electron chi connectivity index (χ2n) is 3.49. The first kappa shape index (κ1) is 9.64. The summed E-state index contributed by atoms with van der Waals surface area (Å²) in [5, 5.41) is 12.7. The van der Waals surface area contributed by atoms with Crippen molar-refractivity contribution < 1.29 is 9.90 Å². The van der Waals surface area contributed by atoms with Gasteiger partial charge in [0.2, 0.25) is 0 Å². The Hall–Kier alpha value is -1.91. The van der Waals surface area contributed by atoms with Gasteiger partial charge in [-0.15, -0.1) is 0 Å². The number of carboxylic acids is 1. The van der Waals surface area contributed by atoms with Crippen molar-refractivity contribution in [3.63, 3.8) is 0 Å². The minimum absolute atomic E-state index is 0.0598. The van der Waals surface area contributed by atoms with Gasteiger partial charge in [-0.05, 0) is 12.0 Å². The lowest BCUT2D eigenvalue weighted by Crippen LogP contribution is -2.04. The summed E-state index contributed by atoms with van der Waals surface area (Å²) in [5.74, 6) is -0.862. The van der Waals surface area contributed by atoms with Crippen LogP contribution in [0.1, 0.15) is 24.8 Å². The fourth-order valence-corrected chi connectivity index (χ4v) is 1.63. The van der Waals surface area contributed by atoms with Crippen LogP contribution in [0, 0.1) is 0 Å². The average Bonchev–Trinajstić information content (AvgIpc) is 2.63. The van der Waals surface area contributed by atoms with Crippen LogP contribution in [-0.2, 0) is 4.79 Å². The maximum atomic E-state index is 10.6. The molecule has 2 rings (SSSR count). The van der Waals surface area contributed by atoms with Crippen LogP contribution in [0.4, 0.5) is 0 Å². The Kier molecular flexibility index (Phi) is 2.37. The van der Waals surface area contributed by atoms with Crippen molar-refractivity contribution in [2.75, 3.05) is 0 Å². The molecule has 0 aliphatic carbocycles. The molecule has 0 amide bonds. The lowest BCUT2D eigenvalue weighted by atomic mass is 9.99. The minimum atomic E-state index is -0.802. The number of aromatic nitrogens is 3. The average molecular weight is 205 g/mol. The van der Waals surface area contributed by atoms with E-state index < -0.39 is 5.97 Å². The lowest BCUT2D eigenvalue weighted by Gasteiger charge is -2.09. The van der Waals surface area contributed by atoms with Gasteiger partial charge in [-0.2, -0.15) is 5.10 Å². The lowest BCUT2D eigenvalue weighted by molar-refractivity contribution is -0.137. The number of carboxylic acid groups (broad SMARTS) is 1. The zero-order chi connectivity index (χ0) is 10.8. The number of carbonyl (C=O) groups is 1. The second-order valence-corrected chi connectivity index (χ2v) is 3.49. The van der Waals surface area contributed by atoms with Crippen molar-refractivity contribution in [1.29, 1.82) is 0 Å². The fourth-order valence-electron chi connectivity index (χ4n) is 1.63. The second kappa shape index (κ2) is 3.68. The number of pyridine rings is 1. The summed E-state index contributed by atoms with van der Waals surface area (Å²) in [6, 6.07) is 3.73. The number of rotatable bonds is 3. The van der Waals surface area contributed by atoms with Gasteiger partial charge in [0.15, 0.2) is 5.65 Å². The van der Waals surface area contributed by atoms with Gasteiger partial charge in [0.05, 0.1) is 6.42 Å². The SMILES string of the molecule is CC(CC(=O)O)c1cccn2ncnc12. The van der Waals surface area contributed by atoms with Crippen LogP contribution in [0.3, 0.4) is 0 Å². The standard InChI is InChI=1S/C10H11N3O2/c1-7(5-9(14)15)8-3-2-4-13-10(8)11-6-12-13/h2-4,6-7H,5H2,1H3,(H,14,15). The molecule has 78 valence electrons. The van der Waals surface area contributed by atoms with Crippen LogP contribution in [0.15, 0.2) is 24.7 Å². The molecule has 2 aromatic rings. The topological polar surface area (TPSA) is 67.5 Å². The first-order valence-corrected chi connectivity index (χ1v) is 4.68. The molecule has 5 heteroatoms. The van der Waals surface area contributed by atoms with Crippen molar-refractivity contribution in [1.82, 2.24) is 14.6 Å². The van der Waals surface area contributed by atoms with Crippen LogP contribution in [0.2, 0.25) is 0 Å². The van der Waals surface area contributed by atoms with Crippen LogP contribution >= 0.6 is 0 Å². The van der Waals surface area contributed by atoms with E-state index in [2.05, 4.69) is 10.1 Å². The molecule has 15 heavy (non-hydrogen) atoms. The highest BCUT2D eigenvalue weighted by molar-refractivity contribution is 5.68. The first-order valence-electron chi connectivity index (χ1n) is 4.68. The Balaban J connectivity index is 2.42. The molecule has 0 spiro atoms. The minimum Gasteiger partial charge on any atom is -0.481 e. The highest BCUT2D eigenvalue weighted by Crippen LogP contribution is 2.21. The zero-order valence-corrected chi connectivity index (χ0v) is 8.29. The Morgan fingerprint density at radius 1 is 1.67 bits per heavy atom. The van der Waals surface area contributed by atoms with Gasteiger partial charge in [0.25, 0.3) is 0 Å². The number of aliphatic carboxylic acids is 1. The predicted octanol–water partition coefficient (Wildman–Crippen LogP) is 1.31. The van der Waals surface area contributed by atoms with Crippen molar-refractivity contribution in [2.24, 2.45) is 0 Å². The first-order chi connectivity index (χ1) is 7.18. The summed E-state index contributed by atoms with van der Waals surface area (Å²) in [4.78, 5) is 14.7. The monoisotopic (exact) mass is 205 g/mol.